The van der Waals surface area contributed by atoms with Crippen LogP contribution in [0.1, 0.15) is 52.6 Å². The van der Waals surface area contributed by atoms with Crippen LogP contribution >= 0.6 is 0 Å². The lowest BCUT2D eigenvalue weighted by Crippen LogP contribution is -2.17. The second-order valence-electron chi connectivity index (χ2n) is 7.60. The van der Waals surface area contributed by atoms with Crippen molar-refractivity contribution < 1.29 is 9.59 Å². The molecule has 0 saturated carbocycles. The Hall–Kier alpha value is -3.47. The number of H-pyrrole nitrogens is 1. The molecule has 0 bridgehead atoms. The molecule has 1 amide bonds. The van der Waals surface area contributed by atoms with Gasteiger partial charge in [0.1, 0.15) is 0 Å². The van der Waals surface area contributed by atoms with Crippen LogP contribution in [0.3, 0.4) is 0 Å². The van der Waals surface area contributed by atoms with E-state index in [9.17, 15) is 14.4 Å². The first-order valence-electron chi connectivity index (χ1n) is 9.00. The molecule has 0 fully saturated rings. The molecular formula is C23H22N2O3. The number of hydrogen-bond donors (Lipinski definition) is 2. The van der Waals surface area contributed by atoms with Gasteiger partial charge in [-0.25, -0.2) is 0 Å². The van der Waals surface area contributed by atoms with Crippen LogP contribution < -0.4 is 10.9 Å². The maximum atomic E-state index is 13.0. The zero-order valence-corrected chi connectivity index (χ0v) is 16.1. The number of anilines is 1. The van der Waals surface area contributed by atoms with E-state index in [1.54, 1.807) is 24.3 Å². The van der Waals surface area contributed by atoms with Gasteiger partial charge in [-0.2, -0.15) is 0 Å². The standard InChI is InChI=1S/C23H22N2O3/c1-23(2,3)17-11-8-15(9-12-17)21(27)18-6-4-5-7-19(18)25-22(28)16-10-13-20(26)24-14-16/h4-14H,1-3H3,(H,24,26)(H,25,28). The van der Waals surface area contributed by atoms with Crippen molar-refractivity contribution in [3.63, 3.8) is 0 Å². The molecule has 3 aromatic rings. The number of para-hydroxylation sites is 1. The van der Waals surface area contributed by atoms with Gasteiger partial charge in [0.15, 0.2) is 5.78 Å². The molecule has 0 spiro atoms. The summed E-state index contributed by atoms with van der Waals surface area (Å²) >= 11 is 0. The quantitative estimate of drug-likeness (QED) is 0.673. The topological polar surface area (TPSA) is 79.0 Å². The second-order valence-corrected chi connectivity index (χ2v) is 7.60. The summed E-state index contributed by atoms with van der Waals surface area (Å²) in [6.07, 6.45) is 1.34. The summed E-state index contributed by atoms with van der Waals surface area (Å²) in [5.41, 5.74) is 2.54. The summed E-state index contributed by atoms with van der Waals surface area (Å²) in [5.74, 6) is -0.572. The van der Waals surface area contributed by atoms with Crippen LogP contribution in [0.5, 0.6) is 0 Å². The molecule has 3 rings (SSSR count). The molecule has 5 nitrogen and oxygen atoms in total. The molecule has 0 unspecified atom stereocenters. The van der Waals surface area contributed by atoms with E-state index in [-0.39, 0.29) is 16.8 Å². The van der Waals surface area contributed by atoms with Gasteiger partial charge in [0.25, 0.3) is 5.91 Å². The molecule has 1 aromatic heterocycles. The SMILES string of the molecule is CC(C)(C)c1ccc(C(=O)c2ccccc2NC(=O)c2ccc(=O)[nH]c2)cc1. The number of aromatic amines is 1. The first-order valence-corrected chi connectivity index (χ1v) is 9.00. The van der Waals surface area contributed by atoms with Gasteiger partial charge in [-0.05, 0) is 29.2 Å². The van der Waals surface area contributed by atoms with Crippen molar-refractivity contribution in [1.29, 1.82) is 0 Å². The minimum atomic E-state index is -0.403. The van der Waals surface area contributed by atoms with Gasteiger partial charge in [0.2, 0.25) is 5.56 Å². The van der Waals surface area contributed by atoms with E-state index >= 15 is 0 Å². The Morgan fingerprint density at radius 3 is 2.11 bits per heavy atom. The molecule has 142 valence electrons. The van der Waals surface area contributed by atoms with E-state index in [0.29, 0.717) is 22.4 Å². The van der Waals surface area contributed by atoms with Crippen molar-refractivity contribution in [1.82, 2.24) is 4.98 Å². The summed E-state index contributed by atoms with van der Waals surface area (Å²) in [7, 11) is 0. The molecule has 1 heterocycles. The molecule has 2 N–H and O–H groups in total. The van der Waals surface area contributed by atoms with E-state index < -0.39 is 5.91 Å². The first kappa shape index (κ1) is 19.3. The summed E-state index contributed by atoms with van der Waals surface area (Å²) in [5, 5.41) is 2.75. The molecule has 0 aliphatic rings. The summed E-state index contributed by atoms with van der Waals surface area (Å²) in [4.78, 5) is 39.1. The van der Waals surface area contributed by atoms with E-state index in [0.717, 1.165) is 5.56 Å². The smallest absolute Gasteiger partial charge is 0.257 e. The highest BCUT2D eigenvalue weighted by Crippen LogP contribution is 2.24. The minimum Gasteiger partial charge on any atom is -0.328 e. The molecule has 0 aliphatic heterocycles. The molecule has 0 atom stereocenters. The molecule has 28 heavy (non-hydrogen) atoms. The van der Waals surface area contributed by atoms with Gasteiger partial charge >= 0.3 is 0 Å². The molecule has 0 aliphatic carbocycles. The van der Waals surface area contributed by atoms with Crippen LogP contribution in [-0.4, -0.2) is 16.7 Å². The van der Waals surface area contributed by atoms with E-state index in [2.05, 4.69) is 31.1 Å². The van der Waals surface area contributed by atoms with Crippen LogP contribution in [-0.2, 0) is 5.41 Å². The Morgan fingerprint density at radius 2 is 1.50 bits per heavy atom. The maximum absolute atomic E-state index is 13.0. The number of hydrogen-bond acceptors (Lipinski definition) is 3. The Balaban J connectivity index is 1.87. The normalized spacial score (nSPS) is 11.1. The summed E-state index contributed by atoms with van der Waals surface area (Å²) < 4.78 is 0. The predicted octanol–water partition coefficient (Wildman–Crippen LogP) is 4.16. The van der Waals surface area contributed by atoms with Gasteiger partial charge in [-0.3, -0.25) is 14.4 Å². The van der Waals surface area contributed by atoms with Gasteiger partial charge in [0.05, 0.1) is 11.3 Å². The van der Waals surface area contributed by atoms with Crippen LogP contribution in [0.4, 0.5) is 5.69 Å². The third-order valence-electron chi connectivity index (χ3n) is 4.48. The average molecular weight is 374 g/mol. The van der Waals surface area contributed by atoms with Crippen LogP contribution in [0.2, 0.25) is 0 Å². The number of carbonyl (C=O) groups excluding carboxylic acids is 2. The molecule has 5 heteroatoms. The van der Waals surface area contributed by atoms with Crippen LogP contribution in [0.25, 0.3) is 0 Å². The van der Waals surface area contributed by atoms with E-state index in [1.165, 1.54) is 18.3 Å². The number of carbonyl (C=O) groups is 2. The minimum absolute atomic E-state index is 0.00408. The fourth-order valence-corrected chi connectivity index (χ4v) is 2.81. The fraction of sp³-hybridized carbons (Fsp3) is 0.174. The highest BCUT2D eigenvalue weighted by atomic mass is 16.2. The lowest BCUT2D eigenvalue weighted by Gasteiger charge is -2.19. The highest BCUT2D eigenvalue weighted by molar-refractivity contribution is 6.15. The summed E-state index contributed by atoms with van der Waals surface area (Å²) in [6, 6.07) is 17.1. The van der Waals surface area contributed by atoms with Crippen molar-refractivity contribution in [2.45, 2.75) is 26.2 Å². The average Bonchev–Trinajstić information content (AvgIpc) is 2.68. The Labute approximate surface area is 163 Å². The van der Waals surface area contributed by atoms with Crippen molar-refractivity contribution in [2.24, 2.45) is 0 Å². The van der Waals surface area contributed by atoms with E-state index in [4.69, 9.17) is 0 Å². The monoisotopic (exact) mass is 374 g/mol. The number of nitrogens with one attached hydrogen (secondary N) is 2. The van der Waals surface area contributed by atoms with Crippen LogP contribution in [0.15, 0.2) is 71.7 Å². The first-order chi connectivity index (χ1) is 13.3. The molecular weight excluding hydrogens is 352 g/mol. The lowest BCUT2D eigenvalue weighted by atomic mass is 9.86. The number of pyridine rings is 1. The fourth-order valence-electron chi connectivity index (χ4n) is 2.81. The molecule has 0 radical (unpaired) electrons. The van der Waals surface area contributed by atoms with Gasteiger partial charge in [-0.1, -0.05) is 57.2 Å². The number of benzene rings is 2. The zero-order valence-electron chi connectivity index (χ0n) is 16.1. The third kappa shape index (κ3) is 4.26. The Kier molecular flexibility index (Phi) is 5.27. The highest BCUT2D eigenvalue weighted by Gasteiger charge is 2.18. The lowest BCUT2D eigenvalue weighted by molar-refractivity contribution is 0.102. The molecule has 0 saturated heterocycles. The van der Waals surface area contributed by atoms with Crippen molar-refractivity contribution >= 4 is 17.4 Å². The van der Waals surface area contributed by atoms with Crippen molar-refractivity contribution in [3.05, 3.63) is 99.5 Å². The van der Waals surface area contributed by atoms with Crippen molar-refractivity contribution in [3.8, 4) is 0 Å². The summed E-state index contributed by atoms with van der Waals surface area (Å²) in [6.45, 7) is 6.35. The van der Waals surface area contributed by atoms with Crippen LogP contribution in [0, 0.1) is 0 Å². The second kappa shape index (κ2) is 7.64. The number of rotatable bonds is 4. The Morgan fingerprint density at radius 1 is 0.857 bits per heavy atom. The number of amides is 1. The van der Waals surface area contributed by atoms with Gasteiger partial charge < -0.3 is 10.3 Å². The van der Waals surface area contributed by atoms with Crippen molar-refractivity contribution in [2.75, 3.05) is 5.32 Å². The third-order valence-corrected chi connectivity index (χ3v) is 4.48. The van der Waals surface area contributed by atoms with Gasteiger partial charge in [0, 0.05) is 23.4 Å². The van der Waals surface area contributed by atoms with E-state index in [1.807, 2.05) is 24.3 Å². The number of ketones is 1. The zero-order chi connectivity index (χ0) is 20.3. The van der Waals surface area contributed by atoms with Gasteiger partial charge in [-0.15, -0.1) is 0 Å². The molecule has 2 aromatic carbocycles. The predicted molar refractivity (Wildman–Crippen MR) is 110 cm³/mol. The maximum Gasteiger partial charge on any atom is 0.257 e. The Bertz CT molecular complexity index is 1050. The largest absolute Gasteiger partial charge is 0.328 e. The number of aromatic nitrogens is 1.